The second-order valence-electron chi connectivity index (χ2n) is 5.84. The zero-order valence-corrected chi connectivity index (χ0v) is 12.2. The summed E-state index contributed by atoms with van der Waals surface area (Å²) < 4.78 is 11.9. The molecular weight excluding hydrogens is 260 g/mol. The first-order valence-electron chi connectivity index (χ1n) is 6.56. The molecule has 2 atom stereocenters. The van der Waals surface area contributed by atoms with Gasteiger partial charge in [0.15, 0.2) is 0 Å². The molecule has 1 unspecified atom stereocenters. The summed E-state index contributed by atoms with van der Waals surface area (Å²) in [7, 11) is 1.62. The predicted octanol–water partition coefficient (Wildman–Crippen LogP) is 2.16. The lowest BCUT2D eigenvalue weighted by molar-refractivity contribution is 0.0635. The van der Waals surface area contributed by atoms with Crippen molar-refractivity contribution in [1.82, 2.24) is 4.57 Å². The molecule has 1 aliphatic rings. The number of hydrogen-bond acceptors (Lipinski definition) is 4. The maximum absolute atomic E-state index is 12.3. The number of carbonyl (C=O) groups is 1. The van der Waals surface area contributed by atoms with Crippen LogP contribution in [0.2, 0.25) is 0 Å². The maximum atomic E-state index is 12.3. The summed E-state index contributed by atoms with van der Waals surface area (Å²) in [5.41, 5.74) is -0.637. The summed E-state index contributed by atoms with van der Waals surface area (Å²) in [5.74, 6) is 0. The number of methoxy groups -OCH3 is 1. The van der Waals surface area contributed by atoms with Crippen LogP contribution in [-0.2, 0) is 9.47 Å². The highest BCUT2D eigenvalue weighted by Crippen LogP contribution is 2.37. The number of ether oxygens (including phenoxy) is 2. The standard InChI is InChI=1S/C14H20N2O4/c1-14(2,3)20-13(18)15-9-6-5-7-16(12(9)17)10-8-11(10)19-4/h5-7,10-11H,8H2,1-4H3,(H,15,18)/t10?,11-/m0/s1. The van der Waals surface area contributed by atoms with Gasteiger partial charge in [0.25, 0.3) is 5.56 Å². The first-order valence-corrected chi connectivity index (χ1v) is 6.56. The van der Waals surface area contributed by atoms with Crippen LogP contribution >= 0.6 is 0 Å². The van der Waals surface area contributed by atoms with E-state index in [4.69, 9.17) is 9.47 Å². The molecule has 1 aliphatic carbocycles. The van der Waals surface area contributed by atoms with Crippen LogP contribution in [0.25, 0.3) is 0 Å². The molecule has 6 nitrogen and oxygen atoms in total. The van der Waals surface area contributed by atoms with Gasteiger partial charge in [-0.1, -0.05) is 0 Å². The molecule has 6 heteroatoms. The first kappa shape index (κ1) is 14.6. The molecule has 1 N–H and O–H groups in total. The largest absolute Gasteiger partial charge is 0.444 e. The molecule has 0 radical (unpaired) electrons. The van der Waals surface area contributed by atoms with Crippen molar-refractivity contribution in [2.75, 3.05) is 12.4 Å². The average Bonchev–Trinajstić information content (AvgIpc) is 3.08. The van der Waals surface area contributed by atoms with Crippen molar-refractivity contribution in [2.45, 2.75) is 44.9 Å². The van der Waals surface area contributed by atoms with Gasteiger partial charge in [-0.05, 0) is 39.3 Å². The van der Waals surface area contributed by atoms with E-state index in [0.717, 1.165) is 6.42 Å². The van der Waals surface area contributed by atoms with Gasteiger partial charge >= 0.3 is 6.09 Å². The molecule has 1 amide bonds. The van der Waals surface area contributed by atoms with Crippen molar-refractivity contribution < 1.29 is 14.3 Å². The second kappa shape index (κ2) is 5.28. The number of aromatic nitrogens is 1. The number of carbonyl (C=O) groups excluding carboxylic acids is 1. The maximum Gasteiger partial charge on any atom is 0.412 e. The Morgan fingerprint density at radius 3 is 2.70 bits per heavy atom. The van der Waals surface area contributed by atoms with E-state index in [0.29, 0.717) is 0 Å². The lowest BCUT2D eigenvalue weighted by Gasteiger charge is -2.19. The molecule has 1 fully saturated rings. The lowest BCUT2D eigenvalue weighted by Crippen LogP contribution is -2.30. The van der Waals surface area contributed by atoms with Crippen LogP contribution in [0, 0.1) is 0 Å². The van der Waals surface area contributed by atoms with Crippen molar-refractivity contribution in [3.8, 4) is 0 Å². The molecule has 1 aromatic rings. The lowest BCUT2D eigenvalue weighted by atomic mass is 10.2. The van der Waals surface area contributed by atoms with Crippen LogP contribution in [0.1, 0.15) is 33.2 Å². The predicted molar refractivity (Wildman–Crippen MR) is 75.0 cm³/mol. The summed E-state index contributed by atoms with van der Waals surface area (Å²) in [5, 5.41) is 2.49. The zero-order valence-electron chi connectivity index (χ0n) is 12.2. The van der Waals surface area contributed by atoms with Crippen molar-refractivity contribution in [2.24, 2.45) is 0 Å². The fraction of sp³-hybridized carbons (Fsp3) is 0.571. The van der Waals surface area contributed by atoms with Gasteiger partial charge in [-0.2, -0.15) is 0 Å². The number of pyridine rings is 1. The molecule has 0 aliphatic heterocycles. The Hall–Kier alpha value is -1.82. The summed E-state index contributed by atoms with van der Waals surface area (Å²) >= 11 is 0. The van der Waals surface area contributed by atoms with E-state index in [1.54, 1.807) is 50.8 Å². The Bertz CT molecular complexity index is 559. The van der Waals surface area contributed by atoms with Gasteiger partial charge in [0.1, 0.15) is 11.3 Å². The third-order valence-corrected chi connectivity index (χ3v) is 2.97. The third kappa shape index (κ3) is 3.39. The Morgan fingerprint density at radius 1 is 1.45 bits per heavy atom. The molecule has 0 spiro atoms. The van der Waals surface area contributed by atoms with Crippen LogP contribution in [0.3, 0.4) is 0 Å². The molecule has 0 saturated heterocycles. The van der Waals surface area contributed by atoms with Crippen molar-refractivity contribution in [3.63, 3.8) is 0 Å². The highest BCUT2D eigenvalue weighted by Gasteiger charge is 2.39. The molecule has 20 heavy (non-hydrogen) atoms. The Balaban J connectivity index is 2.12. The van der Waals surface area contributed by atoms with Crippen molar-refractivity contribution >= 4 is 11.8 Å². The molecule has 2 rings (SSSR count). The van der Waals surface area contributed by atoms with E-state index in [2.05, 4.69) is 5.32 Å². The quantitative estimate of drug-likeness (QED) is 0.921. The van der Waals surface area contributed by atoms with Crippen molar-refractivity contribution in [3.05, 3.63) is 28.7 Å². The van der Waals surface area contributed by atoms with Gasteiger partial charge in [-0.15, -0.1) is 0 Å². The zero-order chi connectivity index (χ0) is 14.9. The normalized spacial score (nSPS) is 21.4. The van der Waals surface area contributed by atoms with Gasteiger partial charge in [-0.3, -0.25) is 10.1 Å². The Labute approximate surface area is 117 Å². The smallest absolute Gasteiger partial charge is 0.412 e. The summed E-state index contributed by atoms with van der Waals surface area (Å²) in [6, 6.07) is 3.33. The second-order valence-corrected chi connectivity index (χ2v) is 5.84. The highest BCUT2D eigenvalue weighted by atomic mass is 16.6. The fourth-order valence-corrected chi connectivity index (χ4v) is 1.99. The van der Waals surface area contributed by atoms with Gasteiger partial charge < -0.3 is 14.0 Å². The van der Waals surface area contributed by atoms with E-state index in [1.165, 1.54) is 0 Å². The SMILES string of the molecule is CO[C@H]1CC1n1cccc(NC(=O)OC(C)(C)C)c1=O. The third-order valence-electron chi connectivity index (χ3n) is 2.97. The Kier molecular flexibility index (Phi) is 3.85. The summed E-state index contributed by atoms with van der Waals surface area (Å²) in [4.78, 5) is 23.9. The van der Waals surface area contributed by atoms with E-state index >= 15 is 0 Å². The average molecular weight is 280 g/mol. The van der Waals surface area contributed by atoms with Crippen LogP contribution in [-0.4, -0.2) is 29.5 Å². The van der Waals surface area contributed by atoms with Crippen LogP contribution < -0.4 is 10.9 Å². The minimum Gasteiger partial charge on any atom is -0.444 e. The number of nitrogens with one attached hydrogen (secondary N) is 1. The number of anilines is 1. The van der Waals surface area contributed by atoms with Gasteiger partial charge in [-0.25, -0.2) is 4.79 Å². The highest BCUT2D eigenvalue weighted by molar-refractivity contribution is 5.84. The van der Waals surface area contributed by atoms with Crippen LogP contribution in [0.5, 0.6) is 0 Å². The topological polar surface area (TPSA) is 69.6 Å². The molecule has 1 aromatic heterocycles. The Morgan fingerprint density at radius 2 is 2.15 bits per heavy atom. The molecule has 0 aromatic carbocycles. The molecule has 110 valence electrons. The molecule has 0 bridgehead atoms. The van der Waals surface area contributed by atoms with E-state index in [1.807, 2.05) is 0 Å². The van der Waals surface area contributed by atoms with Crippen molar-refractivity contribution in [1.29, 1.82) is 0 Å². The number of nitrogens with zero attached hydrogens (tertiary/aromatic N) is 1. The van der Waals surface area contributed by atoms with Crippen LogP contribution in [0.4, 0.5) is 10.5 Å². The van der Waals surface area contributed by atoms with E-state index in [9.17, 15) is 9.59 Å². The van der Waals surface area contributed by atoms with Gasteiger partial charge in [0.05, 0.1) is 12.1 Å². The minimum atomic E-state index is -0.633. The fourth-order valence-electron chi connectivity index (χ4n) is 1.99. The monoisotopic (exact) mass is 280 g/mol. The van der Waals surface area contributed by atoms with Gasteiger partial charge in [0.2, 0.25) is 0 Å². The minimum absolute atomic E-state index is 0.0490. The van der Waals surface area contributed by atoms with Gasteiger partial charge in [0, 0.05) is 13.3 Å². The number of amides is 1. The van der Waals surface area contributed by atoms with Crippen LogP contribution in [0.15, 0.2) is 23.1 Å². The van der Waals surface area contributed by atoms with E-state index in [-0.39, 0.29) is 23.4 Å². The number of hydrogen-bond donors (Lipinski definition) is 1. The first-order chi connectivity index (χ1) is 9.31. The summed E-state index contributed by atoms with van der Waals surface area (Å²) in [6.07, 6.45) is 1.95. The van der Waals surface area contributed by atoms with E-state index < -0.39 is 11.7 Å². The summed E-state index contributed by atoms with van der Waals surface area (Å²) in [6.45, 7) is 5.30. The number of rotatable bonds is 3. The molecule has 1 saturated carbocycles. The molecular formula is C14H20N2O4. The molecule has 1 heterocycles.